The second kappa shape index (κ2) is 10.1. The van der Waals surface area contributed by atoms with Gasteiger partial charge in [-0.15, -0.1) is 0 Å². The number of imide groups is 2. The Morgan fingerprint density at radius 2 is 1.86 bits per heavy atom. The van der Waals surface area contributed by atoms with Gasteiger partial charge in [0.25, 0.3) is 11.8 Å². The maximum Gasteiger partial charge on any atom is 0.278 e. The highest BCUT2D eigenvalue weighted by molar-refractivity contribution is 6.31. The molecule has 36 heavy (non-hydrogen) atoms. The summed E-state index contributed by atoms with van der Waals surface area (Å²) in [7, 11) is 0. The number of aryl methyl sites for hydroxylation is 1. The monoisotopic (exact) mass is 508 g/mol. The van der Waals surface area contributed by atoms with Crippen molar-refractivity contribution in [3.63, 3.8) is 0 Å². The Kier molecular flexibility index (Phi) is 7.17. The van der Waals surface area contributed by atoms with Gasteiger partial charge in [0, 0.05) is 35.4 Å². The number of nitrogens with one attached hydrogen (secondary N) is 3. The minimum absolute atomic E-state index is 0.0825. The van der Waals surface area contributed by atoms with E-state index in [0.29, 0.717) is 5.69 Å². The fourth-order valence-corrected chi connectivity index (χ4v) is 4.52. The summed E-state index contributed by atoms with van der Waals surface area (Å²) in [6.45, 7) is 6.99. The van der Waals surface area contributed by atoms with E-state index in [-0.39, 0.29) is 24.0 Å². The number of hydrogen-bond donors (Lipinski definition) is 3. The fraction of sp³-hybridized carbons (Fsp3) is 0.333. The number of hydrogen-bond acceptors (Lipinski definition) is 6. The summed E-state index contributed by atoms with van der Waals surface area (Å²) in [5.74, 6) is -2.19. The van der Waals surface area contributed by atoms with Crippen LogP contribution in [0.5, 0.6) is 0 Å². The van der Waals surface area contributed by atoms with Gasteiger partial charge in [-0.2, -0.15) is 0 Å². The van der Waals surface area contributed by atoms with Crippen molar-refractivity contribution in [3.8, 4) is 0 Å². The molecule has 2 aliphatic rings. The average molecular weight is 509 g/mol. The molecule has 2 aromatic carbocycles. The van der Waals surface area contributed by atoms with E-state index in [9.17, 15) is 19.2 Å². The van der Waals surface area contributed by atoms with Crippen molar-refractivity contribution >= 4 is 46.6 Å². The van der Waals surface area contributed by atoms with Gasteiger partial charge in [0.2, 0.25) is 11.8 Å². The van der Waals surface area contributed by atoms with Gasteiger partial charge in [-0.1, -0.05) is 43.6 Å². The first-order valence-corrected chi connectivity index (χ1v) is 12.2. The molecule has 0 radical (unpaired) electrons. The van der Waals surface area contributed by atoms with E-state index in [2.05, 4.69) is 29.8 Å². The minimum atomic E-state index is -0.987. The first kappa shape index (κ1) is 25.4. The van der Waals surface area contributed by atoms with E-state index in [1.54, 1.807) is 0 Å². The number of benzene rings is 2. The summed E-state index contributed by atoms with van der Waals surface area (Å²) >= 11 is 6.22. The fourth-order valence-electron chi connectivity index (χ4n) is 4.34. The SMILES string of the molecule is Cc1ccc(NCCC(C)(C)c2cccc(NC3=CC(=O)N(C4CCC(=O)NC4=O)C3=O)c2)cc1Cl. The topological polar surface area (TPSA) is 108 Å². The maximum atomic E-state index is 12.9. The van der Waals surface area contributed by atoms with Gasteiger partial charge in [-0.3, -0.25) is 29.4 Å². The van der Waals surface area contributed by atoms with Gasteiger partial charge in [-0.05, 0) is 60.6 Å². The molecule has 2 heterocycles. The van der Waals surface area contributed by atoms with Gasteiger partial charge in [-0.25, -0.2) is 0 Å². The molecule has 1 saturated heterocycles. The van der Waals surface area contributed by atoms with Crippen molar-refractivity contribution < 1.29 is 19.2 Å². The number of carbonyl (C=O) groups excluding carboxylic acids is 4. The standard InChI is InChI=1S/C27H29ClN4O4/c1-16-7-8-18(14-20(16)28)29-12-11-27(2,3)17-5-4-6-19(13-17)30-21-15-24(34)32(26(21)36)22-9-10-23(33)31-25(22)35/h4-8,13-15,22,29-30H,9-12H2,1-3H3,(H,31,33,35). The van der Waals surface area contributed by atoms with Crippen LogP contribution in [0.4, 0.5) is 11.4 Å². The van der Waals surface area contributed by atoms with Crippen LogP contribution < -0.4 is 16.0 Å². The quantitative estimate of drug-likeness (QED) is 0.467. The highest BCUT2D eigenvalue weighted by Gasteiger charge is 2.42. The molecule has 9 heteroatoms. The Labute approximate surface area is 215 Å². The lowest BCUT2D eigenvalue weighted by Crippen LogP contribution is -2.54. The van der Waals surface area contributed by atoms with Gasteiger partial charge in [0.05, 0.1) is 0 Å². The molecule has 8 nitrogen and oxygen atoms in total. The van der Waals surface area contributed by atoms with Crippen LogP contribution in [-0.2, 0) is 24.6 Å². The summed E-state index contributed by atoms with van der Waals surface area (Å²) in [5.41, 5.74) is 3.64. The molecule has 4 amide bonds. The minimum Gasteiger partial charge on any atom is -0.385 e. The summed E-state index contributed by atoms with van der Waals surface area (Å²) in [4.78, 5) is 50.0. The van der Waals surface area contributed by atoms with Crippen LogP contribution in [0.25, 0.3) is 0 Å². The van der Waals surface area contributed by atoms with Crippen LogP contribution in [0.3, 0.4) is 0 Å². The van der Waals surface area contributed by atoms with Crippen LogP contribution >= 0.6 is 11.6 Å². The van der Waals surface area contributed by atoms with E-state index >= 15 is 0 Å². The van der Waals surface area contributed by atoms with E-state index in [1.165, 1.54) is 6.08 Å². The highest BCUT2D eigenvalue weighted by Crippen LogP contribution is 2.30. The number of nitrogens with zero attached hydrogens (tertiary/aromatic N) is 1. The highest BCUT2D eigenvalue weighted by atomic mass is 35.5. The predicted molar refractivity (Wildman–Crippen MR) is 138 cm³/mol. The number of halogens is 1. The van der Waals surface area contributed by atoms with E-state index < -0.39 is 29.7 Å². The van der Waals surface area contributed by atoms with Crippen molar-refractivity contribution in [3.05, 3.63) is 70.4 Å². The lowest BCUT2D eigenvalue weighted by Gasteiger charge is -2.28. The smallest absolute Gasteiger partial charge is 0.278 e. The number of carbonyl (C=O) groups is 4. The van der Waals surface area contributed by atoms with Crippen LogP contribution in [0, 0.1) is 6.92 Å². The molecule has 2 aliphatic heterocycles. The molecule has 3 N–H and O–H groups in total. The lowest BCUT2D eigenvalue weighted by molar-refractivity contribution is -0.149. The molecule has 0 spiro atoms. The van der Waals surface area contributed by atoms with Crippen LogP contribution in [0.2, 0.25) is 5.02 Å². The number of rotatable bonds is 8. The third-order valence-electron chi connectivity index (χ3n) is 6.65. The molecule has 188 valence electrons. The molecule has 0 aliphatic carbocycles. The first-order chi connectivity index (χ1) is 17.0. The molecular weight excluding hydrogens is 480 g/mol. The van der Waals surface area contributed by atoms with Crippen LogP contribution in [-0.4, -0.2) is 41.1 Å². The Morgan fingerprint density at radius 1 is 1.08 bits per heavy atom. The maximum absolute atomic E-state index is 12.9. The molecular formula is C27H29ClN4O4. The summed E-state index contributed by atoms with van der Waals surface area (Å²) in [6.07, 6.45) is 2.24. The molecule has 0 saturated carbocycles. The molecule has 4 rings (SSSR count). The molecule has 0 bridgehead atoms. The average Bonchev–Trinajstić information content (AvgIpc) is 3.09. The second-order valence-electron chi connectivity index (χ2n) is 9.77. The first-order valence-electron chi connectivity index (χ1n) is 11.9. The van der Waals surface area contributed by atoms with Crippen LogP contribution in [0.15, 0.2) is 54.2 Å². The number of piperidine rings is 1. The molecule has 2 aromatic rings. The van der Waals surface area contributed by atoms with Crippen molar-refractivity contribution in [2.75, 3.05) is 17.2 Å². The third-order valence-corrected chi connectivity index (χ3v) is 7.06. The zero-order valence-corrected chi connectivity index (χ0v) is 21.2. The Hall–Kier alpha value is -3.65. The number of amides is 4. The summed E-state index contributed by atoms with van der Waals surface area (Å²) < 4.78 is 0. The van der Waals surface area contributed by atoms with Gasteiger partial charge < -0.3 is 10.6 Å². The van der Waals surface area contributed by atoms with Crippen molar-refractivity contribution in [2.24, 2.45) is 0 Å². The Balaban J connectivity index is 1.40. The number of anilines is 2. The zero-order valence-electron chi connectivity index (χ0n) is 20.5. The van der Waals surface area contributed by atoms with E-state index in [4.69, 9.17) is 11.6 Å². The normalized spacial score (nSPS) is 18.3. The molecule has 1 unspecified atom stereocenters. The van der Waals surface area contributed by atoms with E-state index in [1.807, 2.05) is 49.4 Å². The molecule has 1 fully saturated rings. The summed E-state index contributed by atoms with van der Waals surface area (Å²) in [6, 6.07) is 12.6. The third kappa shape index (κ3) is 5.44. The van der Waals surface area contributed by atoms with Gasteiger partial charge in [0.15, 0.2) is 0 Å². The van der Waals surface area contributed by atoms with E-state index in [0.717, 1.165) is 39.7 Å². The van der Waals surface area contributed by atoms with Gasteiger partial charge >= 0.3 is 0 Å². The van der Waals surface area contributed by atoms with Crippen molar-refractivity contribution in [2.45, 2.75) is 51.5 Å². The predicted octanol–water partition coefficient (Wildman–Crippen LogP) is 3.90. The summed E-state index contributed by atoms with van der Waals surface area (Å²) in [5, 5.41) is 9.37. The van der Waals surface area contributed by atoms with Crippen LogP contribution in [0.1, 0.15) is 44.2 Å². The Bertz CT molecular complexity index is 1270. The molecule has 0 aromatic heterocycles. The lowest BCUT2D eigenvalue weighted by atomic mass is 9.81. The Morgan fingerprint density at radius 3 is 2.58 bits per heavy atom. The van der Waals surface area contributed by atoms with Crippen molar-refractivity contribution in [1.29, 1.82) is 0 Å². The largest absolute Gasteiger partial charge is 0.385 e. The van der Waals surface area contributed by atoms with Gasteiger partial charge in [0.1, 0.15) is 11.7 Å². The zero-order chi connectivity index (χ0) is 26.0. The second-order valence-corrected chi connectivity index (χ2v) is 10.2. The van der Waals surface area contributed by atoms with Crippen molar-refractivity contribution in [1.82, 2.24) is 10.2 Å². The molecule has 1 atom stereocenters.